The van der Waals surface area contributed by atoms with Gasteiger partial charge in [-0.1, -0.05) is 48.5 Å². The third-order valence-electron chi connectivity index (χ3n) is 5.16. The van der Waals surface area contributed by atoms with Gasteiger partial charge in [-0.05, 0) is 22.3 Å². The van der Waals surface area contributed by atoms with Gasteiger partial charge in [-0.3, -0.25) is 9.59 Å². The minimum atomic E-state index is -0.896. The average Bonchev–Trinajstić information content (AvgIpc) is 3.12. The van der Waals surface area contributed by atoms with Crippen molar-refractivity contribution < 1.29 is 33.6 Å². The Balaban J connectivity index is 1.32. The number of hydrogen-bond acceptors (Lipinski definition) is 7. The smallest absolute Gasteiger partial charge is 0.325 e. The lowest BCUT2D eigenvalue weighted by atomic mass is 9.98. The van der Waals surface area contributed by atoms with Crippen LogP contribution in [0, 0.1) is 0 Å². The lowest BCUT2D eigenvalue weighted by Crippen LogP contribution is -2.37. The standard InChI is InChI=1S/C24H29NO7/c25-22(16-31-14-13-30-12-11-29-10-9-23(26)27)24(28)32-15-21-19-7-3-1-5-17(19)18-6-2-4-8-20(18)21/h1-8,21-22H,9-16,25H2,(H,26,27)/t22-/m1/s1. The molecule has 172 valence electrons. The summed E-state index contributed by atoms with van der Waals surface area (Å²) in [7, 11) is 0. The fourth-order valence-electron chi connectivity index (χ4n) is 3.59. The van der Waals surface area contributed by atoms with Crippen LogP contribution in [0.15, 0.2) is 48.5 Å². The molecular formula is C24H29NO7. The highest BCUT2D eigenvalue weighted by Gasteiger charge is 2.29. The number of carboxylic acids is 1. The highest BCUT2D eigenvalue weighted by atomic mass is 16.6. The second-order valence-corrected chi connectivity index (χ2v) is 7.41. The third-order valence-corrected chi connectivity index (χ3v) is 5.16. The Morgan fingerprint density at radius 1 is 0.844 bits per heavy atom. The minimum absolute atomic E-state index is 0.00872. The second-order valence-electron chi connectivity index (χ2n) is 7.41. The molecule has 0 radical (unpaired) electrons. The van der Waals surface area contributed by atoms with Crippen molar-refractivity contribution >= 4 is 11.9 Å². The molecule has 1 atom stereocenters. The molecule has 0 amide bonds. The van der Waals surface area contributed by atoms with Gasteiger partial charge in [0, 0.05) is 5.92 Å². The number of rotatable bonds is 14. The molecule has 3 N–H and O–H groups in total. The van der Waals surface area contributed by atoms with E-state index in [-0.39, 0.29) is 38.8 Å². The van der Waals surface area contributed by atoms with Gasteiger partial charge in [-0.25, -0.2) is 0 Å². The molecule has 1 aliphatic carbocycles. The number of benzene rings is 2. The van der Waals surface area contributed by atoms with Crippen molar-refractivity contribution in [3.05, 3.63) is 59.7 Å². The molecule has 3 rings (SSSR count). The van der Waals surface area contributed by atoms with Gasteiger partial charge >= 0.3 is 11.9 Å². The molecule has 0 heterocycles. The topological polar surface area (TPSA) is 117 Å². The summed E-state index contributed by atoms with van der Waals surface area (Å²) in [5.74, 6) is -1.41. The molecule has 0 saturated carbocycles. The van der Waals surface area contributed by atoms with Crippen LogP contribution in [-0.4, -0.2) is 69.3 Å². The summed E-state index contributed by atoms with van der Waals surface area (Å²) in [6.07, 6.45) is -0.0309. The Labute approximate surface area is 187 Å². The van der Waals surface area contributed by atoms with Crippen molar-refractivity contribution in [3.63, 3.8) is 0 Å². The lowest BCUT2D eigenvalue weighted by molar-refractivity contribution is -0.147. The van der Waals surface area contributed by atoms with Crippen LogP contribution in [-0.2, 0) is 28.5 Å². The van der Waals surface area contributed by atoms with E-state index in [4.69, 9.17) is 29.8 Å². The molecule has 1 aliphatic rings. The Morgan fingerprint density at radius 2 is 1.38 bits per heavy atom. The maximum Gasteiger partial charge on any atom is 0.325 e. The largest absolute Gasteiger partial charge is 0.481 e. The molecule has 2 aromatic carbocycles. The summed E-state index contributed by atoms with van der Waals surface area (Å²) in [5, 5.41) is 8.49. The van der Waals surface area contributed by atoms with E-state index in [1.54, 1.807) is 0 Å². The van der Waals surface area contributed by atoms with E-state index >= 15 is 0 Å². The number of carbonyl (C=O) groups excluding carboxylic acids is 1. The van der Waals surface area contributed by atoms with Crippen LogP contribution in [0.5, 0.6) is 0 Å². The lowest BCUT2D eigenvalue weighted by Gasteiger charge is -2.16. The van der Waals surface area contributed by atoms with Crippen molar-refractivity contribution in [3.8, 4) is 11.1 Å². The summed E-state index contributed by atoms with van der Waals surface area (Å²) in [6.45, 7) is 1.66. The molecule has 8 nitrogen and oxygen atoms in total. The number of hydrogen-bond donors (Lipinski definition) is 2. The van der Waals surface area contributed by atoms with Gasteiger partial charge < -0.3 is 29.8 Å². The van der Waals surface area contributed by atoms with E-state index in [1.165, 1.54) is 11.1 Å². The Morgan fingerprint density at radius 3 is 1.97 bits per heavy atom. The molecule has 8 heteroatoms. The monoisotopic (exact) mass is 443 g/mol. The van der Waals surface area contributed by atoms with Crippen molar-refractivity contribution in [2.75, 3.05) is 46.2 Å². The fraction of sp³-hybridized carbons (Fsp3) is 0.417. The summed E-state index contributed by atoms with van der Waals surface area (Å²) >= 11 is 0. The van der Waals surface area contributed by atoms with E-state index < -0.39 is 18.0 Å². The highest BCUT2D eigenvalue weighted by molar-refractivity contribution is 5.79. The SMILES string of the molecule is N[C@H](COCCOCCOCCC(=O)O)C(=O)OCC1c2ccccc2-c2ccccc21. The molecule has 0 fully saturated rings. The van der Waals surface area contributed by atoms with Crippen LogP contribution in [0.2, 0.25) is 0 Å². The summed E-state index contributed by atoms with van der Waals surface area (Å²) in [5.41, 5.74) is 10.5. The molecule has 2 aromatic rings. The Bertz CT molecular complexity index is 856. The average molecular weight is 443 g/mol. The van der Waals surface area contributed by atoms with E-state index in [0.717, 1.165) is 11.1 Å². The zero-order valence-electron chi connectivity index (χ0n) is 17.9. The number of fused-ring (bicyclic) bond motifs is 3. The Kier molecular flexibility index (Phi) is 9.18. The third kappa shape index (κ3) is 6.61. The predicted octanol–water partition coefficient (Wildman–Crippen LogP) is 2.19. The number of carbonyl (C=O) groups is 2. The summed E-state index contributed by atoms with van der Waals surface area (Å²) < 4.78 is 21.3. The molecule has 0 spiro atoms. The van der Waals surface area contributed by atoms with Crippen LogP contribution in [0.3, 0.4) is 0 Å². The minimum Gasteiger partial charge on any atom is -0.481 e. The molecule has 0 aromatic heterocycles. The van der Waals surface area contributed by atoms with Crippen molar-refractivity contribution in [2.45, 2.75) is 18.4 Å². The first kappa shape index (κ1) is 23.9. The van der Waals surface area contributed by atoms with Gasteiger partial charge in [0.1, 0.15) is 12.6 Å². The van der Waals surface area contributed by atoms with Crippen LogP contribution < -0.4 is 5.73 Å². The van der Waals surface area contributed by atoms with Crippen molar-refractivity contribution in [1.82, 2.24) is 0 Å². The molecular weight excluding hydrogens is 414 g/mol. The molecule has 0 aliphatic heterocycles. The summed E-state index contributed by atoms with van der Waals surface area (Å²) in [4.78, 5) is 22.7. The highest BCUT2D eigenvalue weighted by Crippen LogP contribution is 2.44. The van der Waals surface area contributed by atoms with Crippen LogP contribution in [0.25, 0.3) is 11.1 Å². The van der Waals surface area contributed by atoms with Gasteiger partial charge in [0.2, 0.25) is 0 Å². The van der Waals surface area contributed by atoms with E-state index in [1.807, 2.05) is 24.3 Å². The van der Waals surface area contributed by atoms with Crippen LogP contribution in [0.1, 0.15) is 23.5 Å². The molecule has 32 heavy (non-hydrogen) atoms. The maximum atomic E-state index is 12.3. The fourth-order valence-corrected chi connectivity index (χ4v) is 3.59. The molecule has 0 saturated heterocycles. The maximum absolute atomic E-state index is 12.3. The molecule has 0 unspecified atom stereocenters. The van der Waals surface area contributed by atoms with Gasteiger partial charge in [0.15, 0.2) is 0 Å². The van der Waals surface area contributed by atoms with Gasteiger partial charge in [0.05, 0.1) is 46.1 Å². The van der Waals surface area contributed by atoms with Crippen molar-refractivity contribution in [2.24, 2.45) is 5.73 Å². The number of ether oxygens (including phenoxy) is 4. The zero-order valence-corrected chi connectivity index (χ0v) is 17.9. The van der Waals surface area contributed by atoms with E-state index in [0.29, 0.717) is 19.8 Å². The zero-order chi connectivity index (χ0) is 22.8. The number of esters is 1. The number of carboxylic acid groups (broad SMARTS) is 1. The second kappa shape index (κ2) is 12.3. The van der Waals surface area contributed by atoms with Crippen LogP contribution >= 0.6 is 0 Å². The first-order valence-corrected chi connectivity index (χ1v) is 10.6. The summed E-state index contributed by atoms with van der Waals surface area (Å²) in [6, 6.07) is 15.4. The number of nitrogens with two attached hydrogens (primary N) is 1. The molecule has 0 bridgehead atoms. The first-order chi connectivity index (χ1) is 15.6. The Hall–Kier alpha value is -2.78. The van der Waals surface area contributed by atoms with Gasteiger partial charge in [-0.15, -0.1) is 0 Å². The van der Waals surface area contributed by atoms with E-state index in [2.05, 4.69) is 24.3 Å². The predicted molar refractivity (Wildman–Crippen MR) is 117 cm³/mol. The first-order valence-electron chi connectivity index (χ1n) is 10.6. The van der Waals surface area contributed by atoms with Gasteiger partial charge in [0.25, 0.3) is 0 Å². The van der Waals surface area contributed by atoms with E-state index in [9.17, 15) is 9.59 Å². The van der Waals surface area contributed by atoms with Crippen molar-refractivity contribution in [1.29, 1.82) is 0 Å². The quantitative estimate of drug-likeness (QED) is 0.337. The normalized spacial score (nSPS) is 13.4. The van der Waals surface area contributed by atoms with Gasteiger partial charge in [-0.2, -0.15) is 0 Å². The van der Waals surface area contributed by atoms with Crippen LogP contribution in [0.4, 0.5) is 0 Å². The number of aliphatic carboxylic acids is 1.